The summed E-state index contributed by atoms with van der Waals surface area (Å²) in [6, 6.07) is 7.49. The quantitative estimate of drug-likeness (QED) is 0.788. The molecular formula is C9H12BrClO3S. The molecule has 15 heavy (non-hydrogen) atoms. The Morgan fingerprint density at radius 3 is 2.00 bits per heavy atom. The van der Waals surface area contributed by atoms with E-state index in [2.05, 4.69) is 20.1 Å². The number of benzene rings is 1. The lowest BCUT2D eigenvalue weighted by atomic mass is 10.4. The molecule has 0 amide bonds. The third-order valence-corrected chi connectivity index (χ3v) is 2.58. The topological polar surface area (TPSA) is 43.4 Å². The van der Waals surface area contributed by atoms with E-state index in [1.165, 1.54) is 0 Å². The van der Waals surface area contributed by atoms with Gasteiger partial charge in [0.25, 0.3) is 10.1 Å². The molecule has 0 aliphatic rings. The maximum atomic E-state index is 10.0. The van der Waals surface area contributed by atoms with E-state index in [-0.39, 0.29) is 6.61 Å². The molecule has 1 rings (SSSR count). The molecule has 0 N–H and O–H groups in total. The van der Waals surface area contributed by atoms with Crippen LogP contribution < -0.4 is 0 Å². The molecule has 0 bridgehead atoms. The zero-order chi connectivity index (χ0) is 11.9. The van der Waals surface area contributed by atoms with E-state index >= 15 is 0 Å². The molecule has 0 saturated carbocycles. The largest absolute Gasteiger partial charge is 0.271 e. The van der Waals surface area contributed by atoms with Gasteiger partial charge in [-0.2, -0.15) is 8.42 Å². The van der Waals surface area contributed by atoms with Gasteiger partial charge >= 0.3 is 0 Å². The molecule has 0 unspecified atom stereocenters. The molecule has 0 spiro atoms. The minimum atomic E-state index is -3.17. The summed E-state index contributed by atoms with van der Waals surface area (Å²) >= 11 is 8.88. The fraction of sp³-hybridized carbons (Fsp3) is 0.333. The van der Waals surface area contributed by atoms with Crippen molar-refractivity contribution in [1.82, 2.24) is 0 Å². The molecule has 86 valence electrons. The molecule has 0 fully saturated rings. The Labute approximate surface area is 104 Å². The van der Waals surface area contributed by atoms with Crippen LogP contribution in [0.4, 0.5) is 0 Å². The van der Waals surface area contributed by atoms with Crippen molar-refractivity contribution in [2.24, 2.45) is 0 Å². The van der Waals surface area contributed by atoms with Gasteiger partial charge in [0.05, 0.1) is 12.9 Å². The zero-order valence-corrected chi connectivity index (χ0v) is 11.6. The first-order valence-electron chi connectivity index (χ1n) is 4.10. The monoisotopic (exact) mass is 314 g/mol. The number of rotatable bonds is 2. The van der Waals surface area contributed by atoms with Gasteiger partial charge in [0.2, 0.25) is 0 Å². The highest BCUT2D eigenvalue weighted by atomic mass is 79.9. The maximum Gasteiger partial charge on any atom is 0.264 e. The summed E-state index contributed by atoms with van der Waals surface area (Å²) in [6.45, 7) is 1.85. The van der Waals surface area contributed by atoms with Crippen LogP contribution in [0.2, 0.25) is 5.02 Å². The van der Waals surface area contributed by atoms with Crippen molar-refractivity contribution in [2.75, 3.05) is 12.9 Å². The SMILES string of the molecule is CCOS(C)(=O)=O.Clc1ccc(Br)cc1. The van der Waals surface area contributed by atoms with Gasteiger partial charge in [-0.05, 0) is 31.2 Å². The van der Waals surface area contributed by atoms with Gasteiger partial charge in [-0.3, -0.25) is 4.18 Å². The summed E-state index contributed by atoms with van der Waals surface area (Å²) in [7, 11) is -3.17. The Hall–Kier alpha value is -0.100. The van der Waals surface area contributed by atoms with Crippen LogP contribution >= 0.6 is 27.5 Å². The second-order valence-electron chi connectivity index (χ2n) is 2.55. The van der Waals surface area contributed by atoms with Gasteiger partial charge in [0.15, 0.2) is 0 Å². The summed E-state index contributed by atoms with van der Waals surface area (Å²) in [5, 5.41) is 0.771. The summed E-state index contributed by atoms with van der Waals surface area (Å²) < 4.78 is 25.3. The normalized spacial score (nSPS) is 10.4. The van der Waals surface area contributed by atoms with Crippen LogP contribution in [0, 0.1) is 0 Å². The van der Waals surface area contributed by atoms with E-state index in [1.54, 1.807) is 6.92 Å². The van der Waals surface area contributed by atoms with Crippen molar-refractivity contribution >= 4 is 37.6 Å². The maximum absolute atomic E-state index is 10.0. The van der Waals surface area contributed by atoms with Crippen molar-refractivity contribution in [2.45, 2.75) is 6.92 Å². The van der Waals surface area contributed by atoms with E-state index in [0.29, 0.717) is 0 Å². The van der Waals surface area contributed by atoms with Gasteiger partial charge in [-0.1, -0.05) is 27.5 Å². The number of hydrogen-bond acceptors (Lipinski definition) is 3. The standard InChI is InChI=1S/C6H4BrCl.C3H8O3S/c7-5-1-3-6(8)4-2-5;1-3-6-7(2,4)5/h1-4H;3H2,1-2H3. The highest BCUT2D eigenvalue weighted by Gasteiger charge is 1.94. The first kappa shape index (κ1) is 14.9. The molecule has 3 nitrogen and oxygen atoms in total. The molecule has 1 aromatic rings. The highest BCUT2D eigenvalue weighted by molar-refractivity contribution is 9.10. The van der Waals surface area contributed by atoms with Gasteiger partial charge in [0.1, 0.15) is 0 Å². The summed E-state index contributed by atoms with van der Waals surface area (Å²) in [5.41, 5.74) is 0. The van der Waals surface area contributed by atoms with Crippen LogP contribution in [-0.4, -0.2) is 21.3 Å². The molecule has 0 heterocycles. The summed E-state index contributed by atoms with van der Waals surface area (Å²) in [6.07, 6.45) is 1.02. The summed E-state index contributed by atoms with van der Waals surface area (Å²) in [5.74, 6) is 0. The fourth-order valence-corrected chi connectivity index (χ4v) is 1.46. The summed E-state index contributed by atoms with van der Waals surface area (Å²) in [4.78, 5) is 0. The zero-order valence-electron chi connectivity index (χ0n) is 8.41. The van der Waals surface area contributed by atoms with Crippen molar-refractivity contribution in [3.63, 3.8) is 0 Å². The average Bonchev–Trinajstić information content (AvgIpc) is 2.09. The van der Waals surface area contributed by atoms with Crippen LogP contribution in [0.25, 0.3) is 0 Å². The second kappa shape index (κ2) is 7.22. The Balaban J connectivity index is 0.000000265. The minimum Gasteiger partial charge on any atom is -0.271 e. The molecule has 6 heteroatoms. The fourth-order valence-electron chi connectivity index (χ4n) is 0.644. The van der Waals surface area contributed by atoms with Crippen molar-refractivity contribution in [3.8, 4) is 0 Å². The van der Waals surface area contributed by atoms with Gasteiger partial charge < -0.3 is 0 Å². The molecule has 0 aromatic heterocycles. The van der Waals surface area contributed by atoms with E-state index < -0.39 is 10.1 Å². The van der Waals surface area contributed by atoms with E-state index in [9.17, 15) is 8.42 Å². The Morgan fingerprint density at radius 2 is 1.80 bits per heavy atom. The molecule has 1 aromatic carbocycles. The van der Waals surface area contributed by atoms with Gasteiger partial charge in [0, 0.05) is 9.50 Å². The minimum absolute atomic E-state index is 0.221. The van der Waals surface area contributed by atoms with E-state index in [4.69, 9.17) is 11.6 Å². The average molecular weight is 316 g/mol. The first-order valence-corrected chi connectivity index (χ1v) is 7.09. The van der Waals surface area contributed by atoms with Crippen molar-refractivity contribution in [3.05, 3.63) is 33.8 Å². The lowest BCUT2D eigenvalue weighted by Crippen LogP contribution is -2.00. The Kier molecular flexibility index (Phi) is 7.17. The molecule has 0 radical (unpaired) electrons. The smallest absolute Gasteiger partial charge is 0.264 e. The van der Waals surface area contributed by atoms with Crippen molar-refractivity contribution in [1.29, 1.82) is 0 Å². The van der Waals surface area contributed by atoms with E-state index in [1.807, 2.05) is 24.3 Å². The predicted molar refractivity (Wildman–Crippen MR) is 65.6 cm³/mol. The number of halogens is 2. The van der Waals surface area contributed by atoms with Crippen molar-refractivity contribution < 1.29 is 12.6 Å². The Morgan fingerprint density at radius 1 is 1.33 bits per heavy atom. The predicted octanol–water partition coefficient (Wildman–Crippen LogP) is 3.09. The molecule has 0 atom stereocenters. The molecule has 0 aliphatic heterocycles. The van der Waals surface area contributed by atoms with Crippen LogP contribution in [0.3, 0.4) is 0 Å². The molecule has 0 saturated heterocycles. The Bertz CT molecular complexity index is 354. The molecular weight excluding hydrogens is 304 g/mol. The third-order valence-electron chi connectivity index (χ3n) is 1.14. The lowest BCUT2D eigenvalue weighted by molar-refractivity contribution is 0.342. The number of hydrogen-bond donors (Lipinski definition) is 0. The van der Waals surface area contributed by atoms with Crippen LogP contribution in [0.1, 0.15) is 6.92 Å². The highest BCUT2D eigenvalue weighted by Crippen LogP contribution is 2.13. The lowest BCUT2D eigenvalue weighted by Gasteiger charge is -1.90. The van der Waals surface area contributed by atoms with E-state index in [0.717, 1.165) is 15.8 Å². The second-order valence-corrected chi connectivity index (χ2v) is 5.54. The van der Waals surface area contributed by atoms with Gasteiger partial charge in [-0.25, -0.2) is 0 Å². The first-order chi connectivity index (χ1) is 6.85. The van der Waals surface area contributed by atoms with Gasteiger partial charge in [-0.15, -0.1) is 0 Å². The molecule has 0 aliphatic carbocycles. The van der Waals surface area contributed by atoms with Crippen LogP contribution in [0.5, 0.6) is 0 Å². The third kappa shape index (κ3) is 10.2. The van der Waals surface area contributed by atoms with Crippen LogP contribution in [-0.2, 0) is 14.3 Å². The van der Waals surface area contributed by atoms with Crippen LogP contribution in [0.15, 0.2) is 28.7 Å².